The fraction of sp³-hybridized carbons (Fsp3) is 0.412. The lowest BCUT2D eigenvalue weighted by Gasteiger charge is -2.20. The van der Waals surface area contributed by atoms with Gasteiger partial charge >= 0.3 is 0 Å². The number of hydrogen-bond donors (Lipinski definition) is 1. The smallest absolute Gasteiger partial charge is 0.274 e. The van der Waals surface area contributed by atoms with Crippen LogP contribution in [0.1, 0.15) is 28.8 Å². The van der Waals surface area contributed by atoms with E-state index in [9.17, 15) is 4.79 Å². The molecule has 122 valence electrons. The summed E-state index contributed by atoms with van der Waals surface area (Å²) in [7, 11) is 1.65. The number of fused-ring (bicyclic) bond motifs is 1. The van der Waals surface area contributed by atoms with E-state index in [0.717, 1.165) is 36.8 Å². The standard InChI is InChI=1S/C17H22N4O2/c1-3-20(11-13-4-6-14(23-2)7-5-13)17(22)15-12-21-9-8-18-10-16(21)19-15/h4-7,12,18H,3,8-11H2,1-2H3. The van der Waals surface area contributed by atoms with Crippen molar-refractivity contribution in [3.63, 3.8) is 0 Å². The van der Waals surface area contributed by atoms with Crippen LogP contribution >= 0.6 is 0 Å². The molecule has 0 atom stereocenters. The number of carbonyl (C=O) groups is 1. The highest BCUT2D eigenvalue weighted by Crippen LogP contribution is 2.15. The van der Waals surface area contributed by atoms with Crippen LogP contribution in [0.5, 0.6) is 5.75 Å². The van der Waals surface area contributed by atoms with E-state index in [4.69, 9.17) is 4.74 Å². The first-order valence-corrected chi connectivity index (χ1v) is 7.90. The Morgan fingerprint density at radius 3 is 2.83 bits per heavy atom. The zero-order valence-electron chi connectivity index (χ0n) is 13.6. The van der Waals surface area contributed by atoms with Gasteiger partial charge in [0.1, 0.15) is 17.3 Å². The monoisotopic (exact) mass is 314 g/mol. The fourth-order valence-corrected chi connectivity index (χ4v) is 2.73. The lowest BCUT2D eigenvalue weighted by molar-refractivity contribution is 0.0747. The summed E-state index contributed by atoms with van der Waals surface area (Å²) in [4.78, 5) is 19.0. The van der Waals surface area contributed by atoms with Crippen molar-refractivity contribution in [2.75, 3.05) is 20.2 Å². The summed E-state index contributed by atoms with van der Waals surface area (Å²) in [5.74, 6) is 1.72. The van der Waals surface area contributed by atoms with Crippen LogP contribution in [0.3, 0.4) is 0 Å². The highest BCUT2D eigenvalue weighted by Gasteiger charge is 2.20. The predicted octanol–water partition coefficient (Wildman–Crippen LogP) is 1.66. The highest BCUT2D eigenvalue weighted by molar-refractivity contribution is 5.92. The Morgan fingerprint density at radius 1 is 1.39 bits per heavy atom. The van der Waals surface area contributed by atoms with Crippen LogP contribution in [0, 0.1) is 0 Å². The van der Waals surface area contributed by atoms with Crippen LogP contribution in [0.4, 0.5) is 0 Å². The van der Waals surface area contributed by atoms with Crippen LogP contribution < -0.4 is 10.1 Å². The van der Waals surface area contributed by atoms with E-state index in [1.54, 1.807) is 7.11 Å². The van der Waals surface area contributed by atoms with Gasteiger partial charge in [0.15, 0.2) is 0 Å². The Labute approximate surface area is 136 Å². The molecule has 1 N–H and O–H groups in total. The van der Waals surface area contributed by atoms with Gasteiger partial charge in [0.25, 0.3) is 5.91 Å². The lowest BCUT2D eigenvalue weighted by Crippen LogP contribution is -2.30. The van der Waals surface area contributed by atoms with E-state index >= 15 is 0 Å². The van der Waals surface area contributed by atoms with Gasteiger partial charge in [0.2, 0.25) is 0 Å². The average molecular weight is 314 g/mol. The number of aromatic nitrogens is 2. The van der Waals surface area contributed by atoms with Gasteiger partial charge in [-0.05, 0) is 24.6 Å². The Balaban J connectivity index is 1.74. The molecule has 6 nitrogen and oxygen atoms in total. The number of rotatable bonds is 5. The van der Waals surface area contributed by atoms with Crippen molar-refractivity contribution >= 4 is 5.91 Å². The van der Waals surface area contributed by atoms with Crippen molar-refractivity contribution in [3.8, 4) is 5.75 Å². The van der Waals surface area contributed by atoms with Crippen LogP contribution in [-0.2, 0) is 19.6 Å². The molecule has 3 rings (SSSR count). The second-order valence-electron chi connectivity index (χ2n) is 5.58. The molecule has 0 fully saturated rings. The van der Waals surface area contributed by atoms with Gasteiger partial charge in [-0.3, -0.25) is 4.79 Å². The van der Waals surface area contributed by atoms with Gasteiger partial charge in [-0.2, -0.15) is 0 Å². The summed E-state index contributed by atoms with van der Waals surface area (Å²) in [6, 6.07) is 7.79. The summed E-state index contributed by atoms with van der Waals surface area (Å²) in [5.41, 5.74) is 1.60. The quantitative estimate of drug-likeness (QED) is 0.912. The largest absolute Gasteiger partial charge is 0.497 e. The molecule has 0 saturated heterocycles. The minimum absolute atomic E-state index is 0.0229. The van der Waals surface area contributed by atoms with Gasteiger partial charge in [-0.25, -0.2) is 4.98 Å². The number of imidazole rings is 1. The number of ether oxygens (including phenoxy) is 1. The Kier molecular flexibility index (Phi) is 4.62. The maximum Gasteiger partial charge on any atom is 0.274 e. The summed E-state index contributed by atoms with van der Waals surface area (Å²) < 4.78 is 7.23. The first-order chi connectivity index (χ1) is 11.2. The van der Waals surface area contributed by atoms with Crippen LogP contribution in [0.25, 0.3) is 0 Å². The fourth-order valence-electron chi connectivity index (χ4n) is 2.73. The second kappa shape index (κ2) is 6.83. The number of nitrogens with one attached hydrogen (secondary N) is 1. The summed E-state index contributed by atoms with van der Waals surface area (Å²) in [6.07, 6.45) is 1.87. The first kappa shape index (κ1) is 15.6. The van der Waals surface area contributed by atoms with Gasteiger partial charge < -0.3 is 19.5 Å². The third-order valence-electron chi connectivity index (χ3n) is 4.09. The molecule has 2 aromatic rings. The topological polar surface area (TPSA) is 59.4 Å². The molecule has 0 bridgehead atoms. The molecule has 0 saturated carbocycles. The zero-order chi connectivity index (χ0) is 16.2. The van der Waals surface area contributed by atoms with Crippen molar-refractivity contribution in [3.05, 3.63) is 47.5 Å². The number of hydrogen-bond acceptors (Lipinski definition) is 4. The molecule has 0 unspecified atom stereocenters. The normalized spacial score (nSPS) is 13.5. The first-order valence-electron chi connectivity index (χ1n) is 7.90. The van der Waals surface area contributed by atoms with Crippen molar-refractivity contribution in [2.45, 2.75) is 26.6 Å². The molecule has 0 spiro atoms. The van der Waals surface area contributed by atoms with E-state index in [-0.39, 0.29) is 5.91 Å². The van der Waals surface area contributed by atoms with Crippen LogP contribution in [0.15, 0.2) is 30.5 Å². The molecule has 1 aliphatic rings. The SMILES string of the molecule is CCN(Cc1ccc(OC)cc1)C(=O)c1cn2c(n1)CNCC2. The van der Waals surface area contributed by atoms with Crippen molar-refractivity contribution < 1.29 is 9.53 Å². The molecule has 1 aromatic heterocycles. The maximum atomic E-state index is 12.7. The second-order valence-corrected chi connectivity index (χ2v) is 5.58. The molecule has 1 amide bonds. The van der Waals surface area contributed by atoms with E-state index in [2.05, 4.69) is 14.9 Å². The van der Waals surface area contributed by atoms with E-state index < -0.39 is 0 Å². The van der Waals surface area contributed by atoms with E-state index in [1.165, 1.54) is 0 Å². The zero-order valence-corrected chi connectivity index (χ0v) is 13.6. The molecule has 6 heteroatoms. The van der Waals surface area contributed by atoms with Crippen molar-refractivity contribution in [2.24, 2.45) is 0 Å². The van der Waals surface area contributed by atoms with Gasteiger partial charge in [-0.1, -0.05) is 12.1 Å². The third-order valence-corrected chi connectivity index (χ3v) is 4.09. The number of benzene rings is 1. The summed E-state index contributed by atoms with van der Waals surface area (Å²) >= 11 is 0. The van der Waals surface area contributed by atoms with Gasteiger partial charge in [-0.15, -0.1) is 0 Å². The number of amides is 1. The molecule has 2 heterocycles. The number of methoxy groups -OCH3 is 1. The summed E-state index contributed by atoms with van der Waals surface area (Å²) in [5, 5.41) is 3.27. The molecule has 23 heavy (non-hydrogen) atoms. The van der Waals surface area contributed by atoms with Gasteiger partial charge in [0, 0.05) is 32.4 Å². The molecular weight excluding hydrogens is 292 g/mol. The lowest BCUT2D eigenvalue weighted by atomic mass is 10.2. The molecular formula is C17H22N4O2. The van der Waals surface area contributed by atoms with E-state index in [0.29, 0.717) is 18.8 Å². The minimum atomic E-state index is -0.0229. The minimum Gasteiger partial charge on any atom is -0.497 e. The molecule has 1 aliphatic heterocycles. The molecule has 0 radical (unpaired) electrons. The Morgan fingerprint density at radius 2 is 2.17 bits per heavy atom. The molecule has 0 aliphatic carbocycles. The number of nitrogens with zero attached hydrogens (tertiary/aromatic N) is 3. The maximum absolute atomic E-state index is 12.7. The molecule has 1 aromatic carbocycles. The van der Waals surface area contributed by atoms with Crippen LogP contribution in [-0.4, -0.2) is 40.6 Å². The third kappa shape index (κ3) is 3.37. The van der Waals surface area contributed by atoms with Crippen molar-refractivity contribution in [1.82, 2.24) is 19.8 Å². The van der Waals surface area contributed by atoms with Gasteiger partial charge in [0.05, 0.1) is 13.7 Å². The Bertz CT molecular complexity index is 655. The summed E-state index contributed by atoms with van der Waals surface area (Å²) in [6.45, 7) is 5.70. The highest BCUT2D eigenvalue weighted by atomic mass is 16.5. The van der Waals surface area contributed by atoms with Crippen LogP contribution in [0.2, 0.25) is 0 Å². The van der Waals surface area contributed by atoms with Crippen molar-refractivity contribution in [1.29, 1.82) is 0 Å². The Hall–Kier alpha value is -2.34. The average Bonchev–Trinajstić information content (AvgIpc) is 3.03. The van der Waals surface area contributed by atoms with E-state index in [1.807, 2.05) is 42.3 Å². The number of carbonyl (C=O) groups excluding carboxylic acids is 1. The predicted molar refractivity (Wildman–Crippen MR) is 87.3 cm³/mol.